The molecule has 2 heterocycles. The van der Waals surface area contributed by atoms with Gasteiger partial charge in [0.15, 0.2) is 17.5 Å². The Morgan fingerprint density at radius 1 is 0.400 bits per heavy atom. The summed E-state index contributed by atoms with van der Waals surface area (Å²) in [6.45, 7) is 0. The summed E-state index contributed by atoms with van der Waals surface area (Å²) < 4.78 is 0. The first kappa shape index (κ1) is 30.1. The van der Waals surface area contributed by atoms with Gasteiger partial charge >= 0.3 is 0 Å². The van der Waals surface area contributed by atoms with Crippen molar-refractivity contribution in [3.05, 3.63) is 157 Å². The molecule has 0 N–H and O–H groups in total. The number of aromatic nitrogens is 4. The van der Waals surface area contributed by atoms with Gasteiger partial charge in [-0.1, -0.05) is 135 Å². The van der Waals surface area contributed by atoms with E-state index < -0.39 is 0 Å². The number of nitrogens with zero attached hydrogens (tertiary/aromatic N) is 4. The van der Waals surface area contributed by atoms with Crippen molar-refractivity contribution >= 4 is 21.5 Å². The summed E-state index contributed by atoms with van der Waals surface area (Å²) in [5.74, 6) is 2.48. The minimum absolute atomic E-state index is 0.524. The molecule has 240 valence electrons. The SMILES string of the molecule is c1ccc(-c2cc(-c3ccnc(C4CCCCC4)c3)cc(-c3nc(-c4cccc5ccccc45)nc(-c4cccc5ccccc45)n3)c2)cc1. The number of hydrogen-bond acceptors (Lipinski definition) is 4. The molecule has 4 heteroatoms. The predicted molar refractivity (Wildman–Crippen MR) is 206 cm³/mol. The van der Waals surface area contributed by atoms with Gasteiger partial charge in [0.2, 0.25) is 0 Å². The molecule has 4 nitrogen and oxygen atoms in total. The number of benzene rings is 6. The highest BCUT2D eigenvalue weighted by molar-refractivity contribution is 5.97. The van der Waals surface area contributed by atoms with E-state index in [1.165, 1.54) is 37.8 Å². The Labute approximate surface area is 292 Å². The first-order valence-electron chi connectivity index (χ1n) is 17.7. The molecule has 1 aliphatic rings. The van der Waals surface area contributed by atoms with Gasteiger partial charge in [0, 0.05) is 34.5 Å². The maximum atomic E-state index is 5.26. The van der Waals surface area contributed by atoms with Crippen LogP contribution in [-0.4, -0.2) is 19.9 Å². The Morgan fingerprint density at radius 2 is 0.940 bits per heavy atom. The highest BCUT2D eigenvalue weighted by Crippen LogP contribution is 2.37. The van der Waals surface area contributed by atoms with Crippen molar-refractivity contribution in [1.82, 2.24) is 19.9 Å². The van der Waals surface area contributed by atoms with Crippen LogP contribution in [0.1, 0.15) is 43.7 Å². The Morgan fingerprint density at radius 3 is 1.60 bits per heavy atom. The van der Waals surface area contributed by atoms with Crippen molar-refractivity contribution in [1.29, 1.82) is 0 Å². The number of rotatable bonds is 6. The van der Waals surface area contributed by atoms with E-state index in [0.717, 1.165) is 60.5 Å². The lowest BCUT2D eigenvalue weighted by Crippen LogP contribution is -2.06. The lowest BCUT2D eigenvalue weighted by molar-refractivity contribution is 0.437. The fraction of sp³-hybridized carbons (Fsp3) is 0.130. The molecule has 0 spiro atoms. The molecule has 50 heavy (non-hydrogen) atoms. The van der Waals surface area contributed by atoms with Crippen molar-refractivity contribution in [3.63, 3.8) is 0 Å². The zero-order valence-corrected chi connectivity index (χ0v) is 27.8. The van der Waals surface area contributed by atoms with Gasteiger partial charge in [0.05, 0.1) is 0 Å². The lowest BCUT2D eigenvalue weighted by atomic mass is 9.86. The summed E-state index contributed by atoms with van der Waals surface area (Å²) in [6.07, 6.45) is 8.29. The molecule has 1 saturated carbocycles. The van der Waals surface area contributed by atoms with Gasteiger partial charge in [-0.2, -0.15) is 0 Å². The summed E-state index contributed by atoms with van der Waals surface area (Å²) >= 11 is 0. The van der Waals surface area contributed by atoms with Gasteiger partial charge in [0.1, 0.15) is 0 Å². The van der Waals surface area contributed by atoms with Crippen molar-refractivity contribution in [2.45, 2.75) is 38.0 Å². The summed E-state index contributed by atoms with van der Waals surface area (Å²) in [6, 6.07) is 51.3. The number of fused-ring (bicyclic) bond motifs is 2. The van der Waals surface area contributed by atoms with Crippen LogP contribution in [0.4, 0.5) is 0 Å². The fourth-order valence-corrected chi connectivity index (χ4v) is 7.56. The van der Waals surface area contributed by atoms with Gasteiger partial charge < -0.3 is 0 Å². The third kappa shape index (κ3) is 5.83. The predicted octanol–water partition coefficient (Wildman–Crippen LogP) is 12.0. The smallest absolute Gasteiger partial charge is 0.164 e. The minimum Gasteiger partial charge on any atom is -0.261 e. The van der Waals surface area contributed by atoms with Gasteiger partial charge in [-0.3, -0.25) is 4.98 Å². The second-order valence-corrected chi connectivity index (χ2v) is 13.3. The summed E-state index contributed by atoms with van der Waals surface area (Å²) in [5.41, 5.74) is 8.67. The fourth-order valence-electron chi connectivity index (χ4n) is 7.56. The molecule has 1 aliphatic carbocycles. The summed E-state index contributed by atoms with van der Waals surface area (Å²) in [7, 11) is 0. The molecule has 9 rings (SSSR count). The van der Waals surface area contributed by atoms with Gasteiger partial charge in [0.25, 0.3) is 0 Å². The zero-order valence-electron chi connectivity index (χ0n) is 27.8. The van der Waals surface area contributed by atoms with E-state index in [-0.39, 0.29) is 0 Å². The van der Waals surface area contributed by atoms with Gasteiger partial charge in [-0.05, 0) is 87.0 Å². The van der Waals surface area contributed by atoms with E-state index in [4.69, 9.17) is 19.9 Å². The second kappa shape index (κ2) is 13.1. The highest BCUT2D eigenvalue weighted by Gasteiger charge is 2.19. The molecular formula is C46H36N4. The maximum absolute atomic E-state index is 5.26. The van der Waals surface area contributed by atoms with Crippen molar-refractivity contribution in [2.75, 3.05) is 0 Å². The van der Waals surface area contributed by atoms with E-state index in [1.54, 1.807) is 0 Å². The van der Waals surface area contributed by atoms with Crippen LogP contribution >= 0.6 is 0 Å². The average molecular weight is 645 g/mol. The van der Waals surface area contributed by atoms with Crippen molar-refractivity contribution in [3.8, 4) is 56.4 Å². The van der Waals surface area contributed by atoms with Crippen molar-refractivity contribution in [2.24, 2.45) is 0 Å². The second-order valence-electron chi connectivity index (χ2n) is 13.3. The number of hydrogen-bond donors (Lipinski definition) is 0. The molecule has 0 radical (unpaired) electrons. The third-order valence-electron chi connectivity index (χ3n) is 10.1. The van der Waals surface area contributed by atoms with E-state index in [9.17, 15) is 0 Å². The Hall–Kier alpha value is -6.00. The van der Waals surface area contributed by atoms with E-state index >= 15 is 0 Å². The van der Waals surface area contributed by atoms with Crippen LogP contribution in [0.2, 0.25) is 0 Å². The molecule has 0 saturated heterocycles. The molecule has 0 unspecified atom stereocenters. The van der Waals surface area contributed by atoms with Crippen LogP contribution < -0.4 is 0 Å². The standard InChI is InChI=1S/C46H36N4/c1-3-13-31(14-4-1)36-27-37(35-25-26-47-43(30-35)34-17-5-2-6-18-34)29-38(28-36)44-48-45(41-23-11-19-32-15-7-9-21-39(32)41)50-46(49-44)42-24-12-20-33-16-8-10-22-40(33)42/h1,3-4,7-16,19-30,34H,2,5-6,17-18H2. The zero-order chi connectivity index (χ0) is 33.3. The summed E-state index contributed by atoms with van der Waals surface area (Å²) in [4.78, 5) is 20.6. The van der Waals surface area contributed by atoms with Crippen molar-refractivity contribution < 1.29 is 0 Å². The molecular weight excluding hydrogens is 609 g/mol. The molecule has 0 bridgehead atoms. The summed E-state index contributed by atoms with van der Waals surface area (Å²) in [5, 5.41) is 4.53. The first-order chi connectivity index (χ1) is 24.8. The molecule has 0 aliphatic heterocycles. The third-order valence-corrected chi connectivity index (χ3v) is 10.1. The Bertz CT molecular complexity index is 2370. The topological polar surface area (TPSA) is 51.6 Å². The molecule has 2 aromatic heterocycles. The highest BCUT2D eigenvalue weighted by atomic mass is 15.0. The van der Waals surface area contributed by atoms with Gasteiger partial charge in [-0.15, -0.1) is 0 Å². The van der Waals surface area contributed by atoms with Crippen LogP contribution in [0.15, 0.2) is 152 Å². The van der Waals surface area contributed by atoms with Crippen LogP contribution in [-0.2, 0) is 0 Å². The lowest BCUT2D eigenvalue weighted by Gasteiger charge is -2.21. The molecule has 6 aromatic carbocycles. The molecule has 1 fully saturated rings. The number of pyridine rings is 1. The van der Waals surface area contributed by atoms with Crippen LogP contribution in [0, 0.1) is 0 Å². The Balaban J connectivity index is 1.27. The molecule has 0 amide bonds. The monoisotopic (exact) mass is 644 g/mol. The van der Waals surface area contributed by atoms with Crippen LogP contribution in [0.5, 0.6) is 0 Å². The van der Waals surface area contributed by atoms with Crippen LogP contribution in [0.3, 0.4) is 0 Å². The normalized spacial score (nSPS) is 13.5. The quantitative estimate of drug-likeness (QED) is 0.181. The Kier molecular flexibility index (Phi) is 7.90. The maximum Gasteiger partial charge on any atom is 0.164 e. The van der Waals surface area contributed by atoms with Crippen LogP contribution in [0.25, 0.3) is 78.0 Å². The first-order valence-corrected chi connectivity index (χ1v) is 17.7. The minimum atomic E-state index is 0.524. The van der Waals surface area contributed by atoms with E-state index in [0.29, 0.717) is 23.4 Å². The van der Waals surface area contributed by atoms with E-state index in [2.05, 4.69) is 146 Å². The molecule has 0 atom stereocenters. The van der Waals surface area contributed by atoms with Gasteiger partial charge in [-0.25, -0.2) is 15.0 Å². The molecule has 8 aromatic rings. The largest absolute Gasteiger partial charge is 0.261 e. The van der Waals surface area contributed by atoms with E-state index in [1.807, 2.05) is 6.20 Å². The average Bonchev–Trinajstić information content (AvgIpc) is 3.21.